The lowest BCUT2D eigenvalue weighted by Crippen LogP contribution is -2.64. The maximum Gasteiger partial charge on any atom is 0.341 e. The van der Waals surface area contributed by atoms with Crippen LogP contribution >= 0.6 is 0 Å². The maximum atomic E-state index is 13.5. The average molecular weight is 375 g/mol. The Morgan fingerprint density at radius 3 is 2.93 bits per heavy atom. The third-order valence-corrected chi connectivity index (χ3v) is 4.93. The standard InChI is InChI=1S/C18H19F2N5O2/c1-11-16(27-17-3-2-13(19)9-22-17)10-24(11)18(26)25-15(4-5-23-25)12-6-14(20)8-21-7-12/h2-3,5-9,11,15-17,22H,4,10H2,1H3/t11-,15-,16-,17?/m0/s1. The minimum absolute atomic E-state index is 0.162. The molecule has 4 rings (SSSR count). The zero-order valence-electron chi connectivity index (χ0n) is 14.6. The number of urea groups is 1. The highest BCUT2D eigenvalue weighted by Crippen LogP contribution is 2.32. The van der Waals surface area contributed by atoms with Gasteiger partial charge in [-0.1, -0.05) is 0 Å². The van der Waals surface area contributed by atoms with Gasteiger partial charge in [-0.05, 0) is 30.7 Å². The van der Waals surface area contributed by atoms with E-state index in [0.717, 1.165) is 6.20 Å². The summed E-state index contributed by atoms with van der Waals surface area (Å²) >= 11 is 0. The largest absolute Gasteiger partial charge is 0.360 e. The van der Waals surface area contributed by atoms with Crippen molar-refractivity contribution in [2.24, 2.45) is 5.10 Å². The van der Waals surface area contributed by atoms with Gasteiger partial charge in [-0.3, -0.25) is 4.98 Å². The first-order valence-electron chi connectivity index (χ1n) is 8.71. The lowest BCUT2D eigenvalue weighted by molar-refractivity contribution is -0.106. The number of carbonyl (C=O) groups excluding carboxylic acids is 1. The number of ether oxygens (including phenoxy) is 1. The summed E-state index contributed by atoms with van der Waals surface area (Å²) in [5.74, 6) is -0.811. The van der Waals surface area contributed by atoms with E-state index in [9.17, 15) is 13.6 Å². The number of dihydropyridines is 1. The molecule has 1 fully saturated rings. The van der Waals surface area contributed by atoms with E-state index in [1.54, 1.807) is 23.4 Å². The number of nitrogens with zero attached hydrogens (tertiary/aromatic N) is 4. The van der Waals surface area contributed by atoms with Gasteiger partial charge in [0.15, 0.2) is 0 Å². The molecule has 0 saturated carbocycles. The van der Waals surface area contributed by atoms with Crippen molar-refractivity contribution in [3.8, 4) is 0 Å². The first-order chi connectivity index (χ1) is 13.0. The van der Waals surface area contributed by atoms with Crippen molar-refractivity contribution in [1.82, 2.24) is 20.2 Å². The van der Waals surface area contributed by atoms with E-state index in [2.05, 4.69) is 15.4 Å². The van der Waals surface area contributed by atoms with Gasteiger partial charge in [0.2, 0.25) is 0 Å². The number of nitrogens with one attached hydrogen (secondary N) is 1. The van der Waals surface area contributed by atoms with Crippen molar-refractivity contribution >= 4 is 12.2 Å². The highest BCUT2D eigenvalue weighted by Gasteiger charge is 2.44. The predicted octanol–water partition coefficient (Wildman–Crippen LogP) is 2.46. The van der Waals surface area contributed by atoms with E-state index < -0.39 is 12.0 Å². The van der Waals surface area contributed by atoms with Gasteiger partial charge in [-0.25, -0.2) is 18.6 Å². The molecule has 0 radical (unpaired) electrons. The van der Waals surface area contributed by atoms with E-state index in [-0.39, 0.29) is 30.0 Å². The summed E-state index contributed by atoms with van der Waals surface area (Å²) in [5.41, 5.74) is 0.604. The zero-order chi connectivity index (χ0) is 19.0. The van der Waals surface area contributed by atoms with Gasteiger partial charge in [0.25, 0.3) is 0 Å². The van der Waals surface area contributed by atoms with Crippen molar-refractivity contribution in [1.29, 1.82) is 0 Å². The SMILES string of the molecule is C[C@H]1[C@@H](OC2C=CC(F)=CN2)CN1C(=O)N1N=CC[C@H]1c1cncc(F)c1. The van der Waals surface area contributed by atoms with Crippen LogP contribution in [0.5, 0.6) is 0 Å². The monoisotopic (exact) mass is 375 g/mol. The van der Waals surface area contributed by atoms with Crippen LogP contribution in [0.25, 0.3) is 0 Å². The summed E-state index contributed by atoms with van der Waals surface area (Å²) in [7, 11) is 0. The number of likely N-dealkylation sites (tertiary alicyclic amines) is 1. The van der Waals surface area contributed by atoms with Crippen LogP contribution in [0.2, 0.25) is 0 Å². The van der Waals surface area contributed by atoms with E-state index in [1.807, 2.05) is 6.92 Å². The summed E-state index contributed by atoms with van der Waals surface area (Å²) in [6.07, 6.45) is 8.39. The molecule has 142 valence electrons. The average Bonchev–Trinajstić information content (AvgIpc) is 3.15. The Bertz CT molecular complexity index is 828. The third-order valence-electron chi connectivity index (χ3n) is 4.93. The van der Waals surface area contributed by atoms with Crippen LogP contribution in [0.15, 0.2) is 47.7 Å². The van der Waals surface area contributed by atoms with Gasteiger partial charge in [0.05, 0.1) is 30.9 Å². The van der Waals surface area contributed by atoms with Crippen molar-refractivity contribution in [2.75, 3.05) is 6.54 Å². The second kappa shape index (κ2) is 7.07. The number of halogens is 2. The van der Waals surface area contributed by atoms with Gasteiger partial charge in [-0.2, -0.15) is 5.10 Å². The smallest absolute Gasteiger partial charge is 0.341 e. The van der Waals surface area contributed by atoms with Crippen LogP contribution in [0.1, 0.15) is 24.9 Å². The van der Waals surface area contributed by atoms with E-state index in [4.69, 9.17) is 4.74 Å². The number of hydrogen-bond donors (Lipinski definition) is 1. The van der Waals surface area contributed by atoms with E-state index in [1.165, 1.54) is 23.4 Å². The maximum absolute atomic E-state index is 13.5. The molecule has 4 atom stereocenters. The highest BCUT2D eigenvalue weighted by atomic mass is 19.1. The van der Waals surface area contributed by atoms with E-state index in [0.29, 0.717) is 18.5 Å². The first kappa shape index (κ1) is 17.6. The van der Waals surface area contributed by atoms with Gasteiger partial charge in [-0.15, -0.1) is 0 Å². The second-order valence-electron chi connectivity index (χ2n) is 6.66. The molecule has 27 heavy (non-hydrogen) atoms. The summed E-state index contributed by atoms with van der Waals surface area (Å²) in [6.45, 7) is 2.28. The van der Waals surface area contributed by atoms with Crippen molar-refractivity contribution in [3.63, 3.8) is 0 Å². The summed E-state index contributed by atoms with van der Waals surface area (Å²) < 4.78 is 32.3. The molecule has 0 spiro atoms. The number of amides is 2. The van der Waals surface area contributed by atoms with Gasteiger partial charge in [0.1, 0.15) is 17.9 Å². The molecule has 1 unspecified atom stereocenters. The zero-order valence-corrected chi connectivity index (χ0v) is 14.6. The molecule has 3 aliphatic heterocycles. The Labute approximate surface area is 155 Å². The Kier molecular flexibility index (Phi) is 4.61. The Morgan fingerprint density at radius 1 is 1.37 bits per heavy atom. The first-order valence-corrected chi connectivity index (χ1v) is 8.71. The molecule has 1 aromatic rings. The number of allylic oxidation sites excluding steroid dienone is 2. The van der Waals surface area contributed by atoms with Gasteiger partial charge < -0.3 is 15.0 Å². The number of rotatable bonds is 3. The van der Waals surface area contributed by atoms with Gasteiger partial charge in [0, 0.05) is 25.0 Å². The van der Waals surface area contributed by atoms with Gasteiger partial charge >= 0.3 is 6.03 Å². The minimum atomic E-state index is -0.448. The normalized spacial score (nSPS) is 29.4. The number of carbonyl (C=O) groups is 1. The van der Waals surface area contributed by atoms with Crippen LogP contribution in [0.3, 0.4) is 0 Å². The Morgan fingerprint density at radius 2 is 2.22 bits per heavy atom. The molecule has 3 aliphatic rings. The fraction of sp³-hybridized carbons (Fsp3) is 0.389. The molecule has 0 bridgehead atoms. The Hall–Kier alpha value is -2.81. The second-order valence-corrected chi connectivity index (χ2v) is 6.66. The highest BCUT2D eigenvalue weighted by molar-refractivity contribution is 5.79. The van der Waals surface area contributed by atoms with Crippen LogP contribution in [0.4, 0.5) is 13.6 Å². The topological polar surface area (TPSA) is 70.1 Å². The fourth-order valence-electron chi connectivity index (χ4n) is 3.32. The molecule has 0 aromatic carbocycles. The number of aromatic nitrogens is 1. The summed E-state index contributed by atoms with van der Waals surface area (Å²) in [5, 5.41) is 8.32. The Balaban J connectivity index is 1.37. The van der Waals surface area contributed by atoms with Crippen LogP contribution < -0.4 is 5.32 Å². The van der Waals surface area contributed by atoms with Crippen LogP contribution in [0, 0.1) is 5.82 Å². The minimum Gasteiger partial charge on any atom is -0.360 e. The molecular weight excluding hydrogens is 356 g/mol. The lowest BCUT2D eigenvalue weighted by atomic mass is 10.0. The molecule has 0 aliphatic carbocycles. The molecular formula is C18H19F2N5O2. The molecule has 2 amide bonds. The molecule has 1 saturated heterocycles. The van der Waals surface area contributed by atoms with Crippen molar-refractivity contribution < 1.29 is 18.3 Å². The molecule has 4 heterocycles. The number of pyridine rings is 1. The fourth-order valence-corrected chi connectivity index (χ4v) is 3.32. The van der Waals surface area contributed by atoms with Crippen molar-refractivity contribution in [2.45, 2.75) is 37.8 Å². The quantitative estimate of drug-likeness (QED) is 0.881. The molecule has 1 aromatic heterocycles. The lowest BCUT2D eigenvalue weighted by Gasteiger charge is -2.47. The summed E-state index contributed by atoms with van der Waals surface area (Å²) in [6, 6.07) is 0.573. The summed E-state index contributed by atoms with van der Waals surface area (Å²) in [4.78, 5) is 18.4. The molecule has 1 N–H and O–H groups in total. The van der Waals surface area contributed by atoms with Crippen molar-refractivity contribution in [3.05, 3.63) is 54.0 Å². The molecule has 7 nitrogen and oxygen atoms in total. The third kappa shape index (κ3) is 3.42. The van der Waals surface area contributed by atoms with Crippen LogP contribution in [-0.4, -0.2) is 52.1 Å². The van der Waals surface area contributed by atoms with Crippen LogP contribution in [-0.2, 0) is 4.74 Å². The van der Waals surface area contributed by atoms with E-state index >= 15 is 0 Å². The number of hydrogen-bond acceptors (Lipinski definition) is 5. The number of hydrazone groups is 1. The molecule has 9 heteroatoms. The predicted molar refractivity (Wildman–Crippen MR) is 93.6 cm³/mol.